The molecular weight excluding hydrogens is 282 g/mol. The first-order chi connectivity index (χ1) is 8.61. The van der Waals surface area contributed by atoms with E-state index in [-0.39, 0.29) is 71.4 Å². The maximum Gasteiger partial charge on any atom is 1.00 e. The summed E-state index contributed by atoms with van der Waals surface area (Å²) in [5, 5.41) is 21.2. The van der Waals surface area contributed by atoms with Crippen LogP contribution in [0.5, 0.6) is 0 Å². The number of nitrogens with two attached hydrogens (primary N) is 1. The Labute approximate surface area is 162 Å². The summed E-state index contributed by atoms with van der Waals surface area (Å²) in [6.07, 6.45) is 1.21. The van der Waals surface area contributed by atoms with E-state index >= 15 is 0 Å². The molecule has 6 nitrogen and oxygen atoms in total. The number of nitrogens with zero attached hydrogens (tertiary/aromatic N) is 1. The summed E-state index contributed by atoms with van der Waals surface area (Å²) >= 11 is 0. The van der Waals surface area contributed by atoms with E-state index in [0.717, 1.165) is 5.69 Å². The Kier molecular flexibility index (Phi) is 8.73. The van der Waals surface area contributed by atoms with E-state index in [1.165, 1.54) is 0 Å². The molecule has 20 heavy (non-hydrogen) atoms. The largest absolute Gasteiger partial charge is 1.00 e. The molecule has 0 bridgehead atoms. The van der Waals surface area contributed by atoms with Crippen LogP contribution < -0.4 is 80.3 Å². The first kappa shape index (κ1) is 20.2. The van der Waals surface area contributed by atoms with Crippen molar-refractivity contribution in [3.63, 3.8) is 0 Å². The van der Waals surface area contributed by atoms with Crippen LogP contribution in [0.4, 0.5) is 11.4 Å². The number of rotatable bonds is 6. The first-order valence-electron chi connectivity index (χ1n) is 5.53. The third-order valence-electron chi connectivity index (χ3n) is 2.98. The van der Waals surface area contributed by atoms with Crippen LogP contribution in [-0.2, 0) is 9.78 Å². The molecule has 0 aliphatic heterocycles. The van der Waals surface area contributed by atoms with Gasteiger partial charge in [-0.25, -0.2) is 0 Å². The van der Waals surface area contributed by atoms with Gasteiger partial charge >= 0.3 is 59.1 Å². The van der Waals surface area contributed by atoms with Crippen LogP contribution in [0.3, 0.4) is 0 Å². The van der Waals surface area contributed by atoms with Gasteiger partial charge in [0.2, 0.25) is 0 Å². The van der Waals surface area contributed by atoms with Crippen molar-refractivity contribution in [2.24, 2.45) is 0 Å². The molecule has 0 radical (unpaired) electrons. The van der Waals surface area contributed by atoms with Gasteiger partial charge in [0, 0.05) is 11.4 Å². The Morgan fingerprint density at radius 3 is 2.20 bits per heavy atom. The van der Waals surface area contributed by atoms with Crippen molar-refractivity contribution in [1.82, 2.24) is 0 Å². The molecule has 0 unspecified atom stereocenters. The smallest absolute Gasteiger partial charge is 0.721 e. The number of nitrogen functional groups attached to an aromatic ring is 1. The van der Waals surface area contributed by atoms with Gasteiger partial charge in [0.25, 0.3) is 0 Å². The predicted molar refractivity (Wildman–Crippen MR) is 61.5 cm³/mol. The predicted octanol–water partition coefficient (Wildman–Crippen LogP) is -6.33. The van der Waals surface area contributed by atoms with E-state index in [9.17, 15) is 10.5 Å². The molecule has 0 atom stereocenters. The van der Waals surface area contributed by atoms with E-state index < -0.39 is 5.72 Å². The molecule has 98 valence electrons. The van der Waals surface area contributed by atoms with Gasteiger partial charge in [-0.2, -0.15) is 0 Å². The van der Waals surface area contributed by atoms with Gasteiger partial charge in [0.1, 0.15) is 5.72 Å². The Morgan fingerprint density at radius 1 is 1.25 bits per heavy atom. The molecule has 1 fully saturated rings. The Morgan fingerprint density at radius 2 is 1.80 bits per heavy atom. The van der Waals surface area contributed by atoms with Gasteiger partial charge in [-0.1, -0.05) is 6.58 Å². The standard InChI is InChI=1S/C12H16N2O4.2Na/c1-9(17-15)8-14(12(18-16)6-7-12)11-4-2-10(13)3-5-11;;/h2-5,15-16H,1,6-8,13H2;;/q;2*+1/p-2. The maximum absolute atomic E-state index is 10.9. The second-order valence-corrected chi connectivity index (χ2v) is 4.33. The fourth-order valence-corrected chi connectivity index (χ4v) is 1.83. The van der Waals surface area contributed by atoms with E-state index in [0.29, 0.717) is 18.5 Å². The number of hydrogen-bond acceptors (Lipinski definition) is 6. The molecule has 0 heterocycles. The molecule has 1 aliphatic carbocycles. The quantitative estimate of drug-likeness (QED) is 0.140. The van der Waals surface area contributed by atoms with Crippen molar-refractivity contribution in [2.45, 2.75) is 18.6 Å². The van der Waals surface area contributed by atoms with E-state index in [1.807, 2.05) is 0 Å². The fourth-order valence-electron chi connectivity index (χ4n) is 1.83. The van der Waals surface area contributed by atoms with Crippen molar-refractivity contribution >= 4 is 11.4 Å². The third kappa shape index (κ3) is 4.62. The van der Waals surface area contributed by atoms with Gasteiger partial charge in [-0.05, 0) is 37.1 Å². The molecule has 2 N–H and O–H groups in total. The summed E-state index contributed by atoms with van der Waals surface area (Å²) in [7, 11) is 0. The Hall–Kier alpha value is 0.240. The van der Waals surface area contributed by atoms with Gasteiger partial charge in [0.15, 0.2) is 0 Å². The third-order valence-corrected chi connectivity index (χ3v) is 2.98. The van der Waals surface area contributed by atoms with Gasteiger partial charge in [0.05, 0.1) is 12.3 Å². The van der Waals surface area contributed by atoms with Crippen LogP contribution in [0.15, 0.2) is 36.6 Å². The molecule has 0 saturated heterocycles. The zero-order valence-electron chi connectivity index (χ0n) is 11.8. The maximum atomic E-state index is 10.9. The molecule has 1 aliphatic rings. The monoisotopic (exact) mass is 296 g/mol. The van der Waals surface area contributed by atoms with Crippen molar-refractivity contribution in [3.05, 3.63) is 36.6 Å². The summed E-state index contributed by atoms with van der Waals surface area (Å²) in [5.74, 6) is 0.0233. The van der Waals surface area contributed by atoms with Gasteiger partial charge < -0.3 is 30.9 Å². The summed E-state index contributed by atoms with van der Waals surface area (Å²) in [5.41, 5.74) is 6.05. The molecule has 2 rings (SSSR count). The van der Waals surface area contributed by atoms with Crippen LogP contribution in [0.2, 0.25) is 0 Å². The zero-order chi connectivity index (χ0) is 13.2. The van der Waals surface area contributed by atoms with Crippen LogP contribution in [0.1, 0.15) is 12.8 Å². The Balaban J connectivity index is 0.00000180. The topological polar surface area (TPSA) is 93.8 Å². The number of benzene rings is 1. The average molecular weight is 296 g/mol. The average Bonchev–Trinajstić information content (AvgIpc) is 3.18. The second kappa shape index (κ2) is 8.63. The molecule has 1 saturated carbocycles. The van der Waals surface area contributed by atoms with E-state index in [2.05, 4.69) is 16.4 Å². The minimum absolute atomic E-state index is 0. The summed E-state index contributed by atoms with van der Waals surface area (Å²) in [6.45, 7) is 3.58. The second-order valence-electron chi connectivity index (χ2n) is 4.33. The van der Waals surface area contributed by atoms with Crippen LogP contribution in [0.25, 0.3) is 0 Å². The van der Waals surface area contributed by atoms with Crippen LogP contribution in [0, 0.1) is 0 Å². The van der Waals surface area contributed by atoms with Crippen molar-refractivity contribution in [1.29, 1.82) is 0 Å². The molecule has 0 amide bonds. The molecule has 8 heteroatoms. The summed E-state index contributed by atoms with van der Waals surface area (Å²) in [6, 6.07) is 6.94. The van der Waals surface area contributed by atoms with E-state index in [4.69, 9.17) is 5.73 Å². The molecule has 1 aromatic rings. The van der Waals surface area contributed by atoms with E-state index in [1.54, 1.807) is 29.2 Å². The molecular formula is C12H14N2Na2O4. The van der Waals surface area contributed by atoms with Crippen molar-refractivity contribution in [3.8, 4) is 0 Å². The minimum atomic E-state index is -0.905. The molecule has 1 aromatic carbocycles. The first-order valence-corrected chi connectivity index (χ1v) is 5.53. The normalized spacial score (nSPS) is 14.5. The Bertz CT molecular complexity index is 438. The number of hydrogen-bond donors (Lipinski definition) is 1. The van der Waals surface area contributed by atoms with Crippen LogP contribution >= 0.6 is 0 Å². The minimum Gasteiger partial charge on any atom is -0.721 e. The molecule has 0 spiro atoms. The SMILES string of the molecule is C=C(CN(c1ccc(N)cc1)C1(O[O-])CC1)O[O-].[Na+].[Na+]. The summed E-state index contributed by atoms with van der Waals surface area (Å²) < 4.78 is 0. The summed E-state index contributed by atoms with van der Waals surface area (Å²) in [4.78, 5) is 9.78. The van der Waals surface area contributed by atoms with Crippen molar-refractivity contribution in [2.75, 3.05) is 17.2 Å². The number of anilines is 2. The fraction of sp³-hybridized carbons (Fsp3) is 0.333. The van der Waals surface area contributed by atoms with Gasteiger partial charge in [-0.3, -0.25) is 0 Å². The molecule has 0 aromatic heterocycles. The van der Waals surface area contributed by atoms with Crippen molar-refractivity contribution < 1.29 is 79.4 Å². The zero-order valence-corrected chi connectivity index (χ0v) is 15.8. The van der Waals surface area contributed by atoms with Gasteiger partial charge in [-0.15, -0.1) is 0 Å². The van der Waals surface area contributed by atoms with Crippen LogP contribution in [-0.4, -0.2) is 12.3 Å².